The summed E-state index contributed by atoms with van der Waals surface area (Å²) < 4.78 is 10.5. The number of rotatable bonds is 7. The van der Waals surface area contributed by atoms with Gasteiger partial charge in [-0.05, 0) is 30.2 Å². The van der Waals surface area contributed by atoms with Gasteiger partial charge < -0.3 is 24.6 Å². The minimum atomic E-state index is -0.394. The molecule has 3 amide bonds. The van der Waals surface area contributed by atoms with Crippen LogP contribution in [-0.2, 0) is 20.7 Å². The Morgan fingerprint density at radius 2 is 1.75 bits per heavy atom. The fourth-order valence-corrected chi connectivity index (χ4v) is 4.90. The summed E-state index contributed by atoms with van der Waals surface area (Å²) in [6.45, 7) is 11.3. The molecule has 0 saturated carbocycles. The number of ether oxygens (including phenoxy) is 2. The first kappa shape index (κ1) is 24.5. The summed E-state index contributed by atoms with van der Waals surface area (Å²) in [4.78, 5) is 43.5. The molecule has 0 radical (unpaired) electrons. The van der Waals surface area contributed by atoms with E-state index in [1.54, 1.807) is 6.92 Å². The maximum atomic E-state index is 12.7. The molecule has 1 N–H and O–H groups in total. The molecule has 2 aliphatic rings. The standard InChI is InChI=1S/C22H34N4O5S/c1-4-31-21(28)19-17(13-16(2)3)15-32-20(19)23-18(27)14-24-5-7-25(8-6-24)22(29)26-9-11-30-12-10-26/h15-16H,4-14H2,1-3H3,(H,23,27). The van der Waals surface area contributed by atoms with Crippen molar-refractivity contribution in [2.75, 3.05) is 71.0 Å². The molecule has 0 aromatic carbocycles. The monoisotopic (exact) mass is 466 g/mol. The number of nitrogens with one attached hydrogen (secondary N) is 1. The maximum Gasteiger partial charge on any atom is 0.341 e. The van der Waals surface area contributed by atoms with Crippen LogP contribution in [-0.4, -0.2) is 98.2 Å². The summed E-state index contributed by atoms with van der Waals surface area (Å²) in [5.74, 6) is -0.172. The molecular formula is C22H34N4O5S. The van der Waals surface area contributed by atoms with Gasteiger partial charge in [-0.15, -0.1) is 11.3 Å². The number of morpholine rings is 1. The lowest BCUT2D eigenvalue weighted by Gasteiger charge is -2.38. The van der Waals surface area contributed by atoms with Crippen molar-refractivity contribution in [2.24, 2.45) is 5.92 Å². The lowest BCUT2D eigenvalue weighted by atomic mass is 10.0. The number of anilines is 1. The Morgan fingerprint density at radius 3 is 2.38 bits per heavy atom. The van der Waals surface area contributed by atoms with E-state index in [1.807, 2.05) is 20.1 Å². The predicted molar refractivity (Wildman–Crippen MR) is 123 cm³/mol. The molecule has 3 rings (SSSR count). The van der Waals surface area contributed by atoms with Crippen LogP contribution in [0.2, 0.25) is 0 Å². The first-order valence-corrected chi connectivity index (χ1v) is 12.2. The van der Waals surface area contributed by atoms with E-state index in [9.17, 15) is 14.4 Å². The number of thiophene rings is 1. The molecule has 178 valence electrons. The van der Waals surface area contributed by atoms with Crippen LogP contribution in [0.5, 0.6) is 0 Å². The highest BCUT2D eigenvalue weighted by molar-refractivity contribution is 7.15. The van der Waals surface area contributed by atoms with Crippen LogP contribution >= 0.6 is 11.3 Å². The third kappa shape index (κ3) is 6.43. The average Bonchev–Trinajstić information content (AvgIpc) is 3.15. The minimum absolute atomic E-state index is 0.0488. The second-order valence-electron chi connectivity index (χ2n) is 8.48. The van der Waals surface area contributed by atoms with E-state index < -0.39 is 5.97 Å². The second kappa shape index (κ2) is 11.6. The molecule has 32 heavy (non-hydrogen) atoms. The summed E-state index contributed by atoms with van der Waals surface area (Å²) in [5, 5.41) is 5.39. The highest BCUT2D eigenvalue weighted by Crippen LogP contribution is 2.31. The van der Waals surface area contributed by atoms with Crippen molar-refractivity contribution >= 4 is 34.2 Å². The van der Waals surface area contributed by atoms with Gasteiger partial charge in [0.25, 0.3) is 0 Å². The Hall–Kier alpha value is -2.17. The van der Waals surface area contributed by atoms with Crippen molar-refractivity contribution in [2.45, 2.75) is 27.2 Å². The van der Waals surface area contributed by atoms with Gasteiger partial charge in [0.2, 0.25) is 5.91 Å². The van der Waals surface area contributed by atoms with Gasteiger partial charge in [0, 0.05) is 39.3 Å². The molecule has 0 bridgehead atoms. The molecule has 2 fully saturated rings. The lowest BCUT2D eigenvalue weighted by molar-refractivity contribution is -0.117. The second-order valence-corrected chi connectivity index (χ2v) is 9.36. The van der Waals surface area contributed by atoms with Gasteiger partial charge in [0.1, 0.15) is 5.00 Å². The van der Waals surface area contributed by atoms with Crippen molar-refractivity contribution in [3.05, 3.63) is 16.5 Å². The summed E-state index contributed by atoms with van der Waals surface area (Å²) >= 11 is 1.36. The summed E-state index contributed by atoms with van der Waals surface area (Å²) in [6, 6.07) is 0.0488. The first-order chi connectivity index (χ1) is 15.4. The molecule has 0 aliphatic carbocycles. The molecule has 0 spiro atoms. The van der Waals surface area contributed by atoms with Crippen molar-refractivity contribution in [3.63, 3.8) is 0 Å². The topological polar surface area (TPSA) is 91.4 Å². The number of carbonyl (C=O) groups excluding carboxylic acids is 3. The number of esters is 1. The zero-order valence-electron chi connectivity index (χ0n) is 19.2. The van der Waals surface area contributed by atoms with Crippen LogP contribution in [0.3, 0.4) is 0 Å². The number of amides is 3. The Bertz CT molecular complexity index is 798. The van der Waals surface area contributed by atoms with Crippen LogP contribution in [0.1, 0.15) is 36.7 Å². The van der Waals surface area contributed by atoms with Crippen molar-refractivity contribution in [1.82, 2.24) is 14.7 Å². The van der Waals surface area contributed by atoms with E-state index in [0.717, 1.165) is 12.0 Å². The van der Waals surface area contributed by atoms with E-state index in [1.165, 1.54) is 11.3 Å². The fourth-order valence-electron chi connectivity index (χ4n) is 3.92. The molecule has 1 aromatic heterocycles. The third-order valence-electron chi connectivity index (χ3n) is 5.52. The predicted octanol–water partition coefficient (Wildman–Crippen LogP) is 2.13. The summed E-state index contributed by atoms with van der Waals surface area (Å²) in [6.07, 6.45) is 0.750. The molecule has 1 aromatic rings. The third-order valence-corrected chi connectivity index (χ3v) is 6.46. The molecule has 9 nitrogen and oxygen atoms in total. The van der Waals surface area contributed by atoms with Gasteiger partial charge in [-0.2, -0.15) is 0 Å². The van der Waals surface area contributed by atoms with Crippen LogP contribution in [0.4, 0.5) is 9.80 Å². The van der Waals surface area contributed by atoms with Gasteiger partial charge in [0.05, 0.1) is 31.9 Å². The van der Waals surface area contributed by atoms with E-state index in [-0.39, 0.29) is 25.1 Å². The van der Waals surface area contributed by atoms with Gasteiger partial charge >= 0.3 is 12.0 Å². The molecule has 0 atom stereocenters. The molecule has 2 saturated heterocycles. The maximum absolute atomic E-state index is 12.7. The zero-order valence-corrected chi connectivity index (χ0v) is 20.0. The number of urea groups is 1. The van der Waals surface area contributed by atoms with Gasteiger partial charge in [-0.25, -0.2) is 9.59 Å². The Balaban J connectivity index is 1.53. The van der Waals surface area contributed by atoms with Crippen molar-refractivity contribution in [3.8, 4) is 0 Å². The van der Waals surface area contributed by atoms with Gasteiger partial charge in [-0.3, -0.25) is 9.69 Å². The largest absolute Gasteiger partial charge is 0.462 e. The molecule has 2 aliphatic heterocycles. The van der Waals surface area contributed by atoms with Gasteiger partial charge in [0.15, 0.2) is 0 Å². The quantitative estimate of drug-likeness (QED) is 0.619. The number of carbonyl (C=O) groups is 3. The SMILES string of the molecule is CCOC(=O)c1c(CC(C)C)csc1NC(=O)CN1CCN(C(=O)N2CCOCC2)CC1. The molecule has 3 heterocycles. The number of nitrogens with zero attached hydrogens (tertiary/aromatic N) is 3. The smallest absolute Gasteiger partial charge is 0.341 e. The van der Waals surface area contributed by atoms with Crippen molar-refractivity contribution < 1.29 is 23.9 Å². The van der Waals surface area contributed by atoms with Crippen LogP contribution in [0, 0.1) is 5.92 Å². The Kier molecular flexibility index (Phi) is 8.89. The molecule has 10 heteroatoms. The van der Waals surface area contributed by atoms with E-state index in [4.69, 9.17) is 9.47 Å². The van der Waals surface area contributed by atoms with E-state index >= 15 is 0 Å². The number of hydrogen-bond donors (Lipinski definition) is 1. The first-order valence-electron chi connectivity index (χ1n) is 11.3. The Morgan fingerprint density at radius 1 is 1.09 bits per heavy atom. The Labute approximate surface area is 193 Å². The van der Waals surface area contributed by atoms with Crippen LogP contribution < -0.4 is 5.32 Å². The van der Waals surface area contributed by atoms with Crippen LogP contribution in [0.25, 0.3) is 0 Å². The normalized spacial score (nSPS) is 17.5. The number of hydrogen-bond acceptors (Lipinski definition) is 7. The summed E-state index contributed by atoms with van der Waals surface area (Å²) in [5.41, 5.74) is 1.38. The average molecular weight is 467 g/mol. The number of piperazine rings is 1. The summed E-state index contributed by atoms with van der Waals surface area (Å²) in [7, 11) is 0. The highest BCUT2D eigenvalue weighted by atomic mass is 32.1. The highest BCUT2D eigenvalue weighted by Gasteiger charge is 2.28. The zero-order chi connectivity index (χ0) is 23.1. The van der Waals surface area contributed by atoms with Crippen molar-refractivity contribution in [1.29, 1.82) is 0 Å². The molecular weight excluding hydrogens is 432 g/mol. The van der Waals surface area contributed by atoms with Crippen LogP contribution in [0.15, 0.2) is 5.38 Å². The van der Waals surface area contributed by atoms with E-state index in [0.29, 0.717) is 69.0 Å². The lowest BCUT2D eigenvalue weighted by Crippen LogP contribution is -2.55. The van der Waals surface area contributed by atoms with Gasteiger partial charge in [-0.1, -0.05) is 13.8 Å². The minimum Gasteiger partial charge on any atom is -0.462 e. The fraction of sp³-hybridized carbons (Fsp3) is 0.682. The van der Waals surface area contributed by atoms with E-state index in [2.05, 4.69) is 19.2 Å². The molecule has 0 unspecified atom stereocenters.